The number of nitro benzene ring substituents is 1. The zero-order chi connectivity index (χ0) is 13.1. The van der Waals surface area contributed by atoms with Crippen LogP contribution in [0.5, 0.6) is 5.75 Å². The Hall–Kier alpha value is -1.82. The summed E-state index contributed by atoms with van der Waals surface area (Å²) in [5.41, 5.74) is 6.50. The number of piperidine rings is 1. The van der Waals surface area contributed by atoms with Crippen molar-refractivity contribution in [3.05, 3.63) is 28.3 Å². The van der Waals surface area contributed by atoms with Gasteiger partial charge in [-0.25, -0.2) is 0 Å². The molecule has 1 aromatic rings. The van der Waals surface area contributed by atoms with Gasteiger partial charge in [0.15, 0.2) is 5.75 Å². The maximum absolute atomic E-state index is 11.2. The van der Waals surface area contributed by atoms with Crippen LogP contribution in [-0.4, -0.2) is 31.2 Å². The number of para-hydroxylation sites is 1. The minimum absolute atomic E-state index is 0.0375. The Balaban J connectivity index is 2.35. The van der Waals surface area contributed by atoms with Gasteiger partial charge in [-0.2, -0.15) is 0 Å². The lowest BCUT2D eigenvalue weighted by atomic mass is 10.0. The number of nitrogens with zero attached hydrogens (tertiary/aromatic N) is 2. The summed E-state index contributed by atoms with van der Waals surface area (Å²) < 4.78 is 5.07. The molecule has 0 saturated carbocycles. The highest BCUT2D eigenvalue weighted by Crippen LogP contribution is 2.37. The molecule has 0 atom stereocenters. The SMILES string of the molecule is COc1cccc(N2CCC(N)CC2)c1[N+](=O)[O-]. The molecule has 0 radical (unpaired) electrons. The lowest BCUT2D eigenvalue weighted by Gasteiger charge is -2.31. The number of hydrogen-bond donors (Lipinski definition) is 1. The Bertz CT molecular complexity index is 442. The minimum Gasteiger partial charge on any atom is -0.490 e. The predicted molar refractivity (Wildman–Crippen MR) is 69.1 cm³/mol. The molecule has 1 aromatic carbocycles. The molecule has 1 aliphatic heterocycles. The summed E-state index contributed by atoms with van der Waals surface area (Å²) in [5, 5.41) is 11.2. The molecule has 1 saturated heterocycles. The average Bonchev–Trinajstić information content (AvgIpc) is 2.38. The summed E-state index contributed by atoms with van der Waals surface area (Å²) in [5.74, 6) is 0.298. The molecular formula is C12H17N3O3. The Labute approximate surface area is 105 Å². The van der Waals surface area contributed by atoms with Crippen LogP contribution in [0.2, 0.25) is 0 Å². The standard InChI is InChI=1S/C12H17N3O3/c1-18-11-4-2-3-10(12(11)15(16)17)14-7-5-9(13)6-8-14/h2-4,9H,5-8,13H2,1H3. The first-order chi connectivity index (χ1) is 8.63. The first kappa shape index (κ1) is 12.6. The van der Waals surface area contributed by atoms with Gasteiger partial charge in [0.1, 0.15) is 5.69 Å². The number of benzene rings is 1. The molecular weight excluding hydrogens is 234 g/mol. The number of hydrogen-bond acceptors (Lipinski definition) is 5. The average molecular weight is 251 g/mol. The summed E-state index contributed by atoms with van der Waals surface area (Å²) in [6, 6.07) is 5.34. The van der Waals surface area contributed by atoms with E-state index in [4.69, 9.17) is 10.5 Å². The fraction of sp³-hybridized carbons (Fsp3) is 0.500. The van der Waals surface area contributed by atoms with Gasteiger partial charge in [-0.05, 0) is 25.0 Å². The maximum atomic E-state index is 11.2. The van der Waals surface area contributed by atoms with Crippen molar-refractivity contribution in [2.24, 2.45) is 5.73 Å². The van der Waals surface area contributed by atoms with Crippen LogP contribution in [0.1, 0.15) is 12.8 Å². The van der Waals surface area contributed by atoms with Crippen LogP contribution in [0.25, 0.3) is 0 Å². The normalized spacial score (nSPS) is 16.7. The summed E-state index contributed by atoms with van der Waals surface area (Å²) in [7, 11) is 1.44. The van der Waals surface area contributed by atoms with E-state index in [0.717, 1.165) is 25.9 Å². The molecule has 1 fully saturated rings. The van der Waals surface area contributed by atoms with Crippen LogP contribution in [0.15, 0.2) is 18.2 Å². The van der Waals surface area contributed by atoms with E-state index in [-0.39, 0.29) is 16.7 Å². The maximum Gasteiger partial charge on any atom is 0.333 e. The van der Waals surface area contributed by atoms with Gasteiger partial charge in [0.2, 0.25) is 0 Å². The topological polar surface area (TPSA) is 81.6 Å². The largest absolute Gasteiger partial charge is 0.490 e. The van der Waals surface area contributed by atoms with E-state index >= 15 is 0 Å². The zero-order valence-corrected chi connectivity index (χ0v) is 10.3. The fourth-order valence-electron chi connectivity index (χ4n) is 2.25. The Morgan fingerprint density at radius 2 is 2.11 bits per heavy atom. The lowest BCUT2D eigenvalue weighted by Crippen LogP contribution is -2.39. The summed E-state index contributed by atoms with van der Waals surface area (Å²) in [6.45, 7) is 1.49. The molecule has 0 bridgehead atoms. The van der Waals surface area contributed by atoms with Gasteiger partial charge in [0.05, 0.1) is 12.0 Å². The number of nitrogens with two attached hydrogens (primary N) is 1. The van der Waals surface area contributed by atoms with Gasteiger partial charge >= 0.3 is 5.69 Å². The molecule has 2 rings (SSSR count). The monoisotopic (exact) mass is 251 g/mol. The first-order valence-electron chi connectivity index (χ1n) is 5.95. The number of rotatable bonds is 3. The summed E-state index contributed by atoms with van der Waals surface area (Å²) in [6.07, 6.45) is 1.71. The van der Waals surface area contributed by atoms with Crippen LogP contribution in [0, 0.1) is 10.1 Å². The van der Waals surface area contributed by atoms with E-state index in [1.54, 1.807) is 18.2 Å². The zero-order valence-electron chi connectivity index (χ0n) is 10.3. The quantitative estimate of drug-likeness (QED) is 0.650. The van der Waals surface area contributed by atoms with Crippen molar-refractivity contribution in [3.63, 3.8) is 0 Å². The lowest BCUT2D eigenvalue weighted by molar-refractivity contribution is -0.385. The summed E-state index contributed by atoms with van der Waals surface area (Å²) in [4.78, 5) is 12.8. The van der Waals surface area contributed by atoms with E-state index < -0.39 is 0 Å². The van der Waals surface area contributed by atoms with Crippen LogP contribution in [-0.2, 0) is 0 Å². The van der Waals surface area contributed by atoms with Gasteiger partial charge in [-0.15, -0.1) is 0 Å². The molecule has 98 valence electrons. The van der Waals surface area contributed by atoms with Crippen LogP contribution in [0.4, 0.5) is 11.4 Å². The Morgan fingerprint density at radius 1 is 1.44 bits per heavy atom. The molecule has 6 nitrogen and oxygen atoms in total. The Morgan fingerprint density at radius 3 is 2.67 bits per heavy atom. The van der Waals surface area contributed by atoms with Crippen LogP contribution < -0.4 is 15.4 Å². The fourth-order valence-corrected chi connectivity index (χ4v) is 2.25. The number of nitro groups is 1. The second-order valence-corrected chi connectivity index (χ2v) is 4.41. The van der Waals surface area contributed by atoms with Crippen LogP contribution >= 0.6 is 0 Å². The third-order valence-electron chi connectivity index (χ3n) is 3.26. The van der Waals surface area contributed by atoms with Crippen LogP contribution in [0.3, 0.4) is 0 Å². The highest BCUT2D eigenvalue weighted by molar-refractivity contribution is 5.69. The molecule has 0 aromatic heterocycles. The third kappa shape index (κ3) is 2.38. The highest BCUT2D eigenvalue weighted by Gasteiger charge is 2.26. The molecule has 0 unspecified atom stereocenters. The third-order valence-corrected chi connectivity index (χ3v) is 3.26. The van der Waals surface area contributed by atoms with E-state index in [0.29, 0.717) is 11.4 Å². The molecule has 0 amide bonds. The molecule has 6 heteroatoms. The van der Waals surface area contributed by atoms with Crippen molar-refractivity contribution in [2.75, 3.05) is 25.1 Å². The summed E-state index contributed by atoms with van der Waals surface area (Å²) >= 11 is 0. The molecule has 18 heavy (non-hydrogen) atoms. The van der Waals surface area contributed by atoms with Crippen molar-refractivity contribution >= 4 is 11.4 Å². The van der Waals surface area contributed by atoms with Gasteiger partial charge in [0, 0.05) is 19.1 Å². The number of ether oxygens (including phenoxy) is 1. The highest BCUT2D eigenvalue weighted by atomic mass is 16.6. The van der Waals surface area contributed by atoms with Crippen molar-refractivity contribution in [3.8, 4) is 5.75 Å². The van der Waals surface area contributed by atoms with E-state index in [1.165, 1.54) is 7.11 Å². The number of methoxy groups -OCH3 is 1. The molecule has 2 N–H and O–H groups in total. The first-order valence-corrected chi connectivity index (χ1v) is 5.95. The van der Waals surface area contributed by atoms with E-state index in [2.05, 4.69) is 0 Å². The minimum atomic E-state index is -0.386. The smallest absolute Gasteiger partial charge is 0.333 e. The second-order valence-electron chi connectivity index (χ2n) is 4.41. The number of anilines is 1. The molecule has 1 aliphatic rings. The van der Waals surface area contributed by atoms with Gasteiger partial charge in [-0.3, -0.25) is 10.1 Å². The van der Waals surface area contributed by atoms with Gasteiger partial charge < -0.3 is 15.4 Å². The van der Waals surface area contributed by atoms with Crippen molar-refractivity contribution in [1.29, 1.82) is 0 Å². The van der Waals surface area contributed by atoms with Gasteiger partial charge in [-0.1, -0.05) is 6.07 Å². The van der Waals surface area contributed by atoms with Crippen molar-refractivity contribution < 1.29 is 9.66 Å². The van der Waals surface area contributed by atoms with Crippen molar-refractivity contribution in [2.45, 2.75) is 18.9 Å². The van der Waals surface area contributed by atoms with E-state index in [1.807, 2.05) is 4.90 Å². The Kier molecular flexibility index (Phi) is 3.66. The molecule has 1 heterocycles. The van der Waals surface area contributed by atoms with Crippen molar-refractivity contribution in [1.82, 2.24) is 0 Å². The predicted octanol–water partition coefficient (Wildman–Crippen LogP) is 1.53. The molecule has 0 spiro atoms. The van der Waals surface area contributed by atoms with Gasteiger partial charge in [0.25, 0.3) is 0 Å². The molecule has 0 aliphatic carbocycles. The second kappa shape index (κ2) is 5.22. The van der Waals surface area contributed by atoms with E-state index in [9.17, 15) is 10.1 Å².